The number of amides is 1. The van der Waals surface area contributed by atoms with Gasteiger partial charge in [-0.15, -0.1) is 5.10 Å². The average molecular weight is 478 g/mol. The molecule has 9 heteroatoms. The third-order valence-corrected chi connectivity index (χ3v) is 5.03. The molecule has 1 heterocycles. The van der Waals surface area contributed by atoms with Crippen LogP contribution in [-0.4, -0.2) is 25.6 Å². The molecule has 0 spiro atoms. The maximum Gasteiger partial charge on any atom is 0.295 e. The number of aromatic nitrogens is 3. The normalized spacial score (nSPS) is 10.6. The molecule has 8 nitrogen and oxygen atoms in total. The van der Waals surface area contributed by atoms with Gasteiger partial charge < -0.3 is 5.32 Å². The molecule has 0 unspecified atom stereocenters. The van der Waals surface area contributed by atoms with E-state index in [1.807, 2.05) is 55.5 Å². The zero-order chi connectivity index (χ0) is 22.0. The Bertz CT molecular complexity index is 1200. The quantitative estimate of drug-likeness (QED) is 0.315. The summed E-state index contributed by atoms with van der Waals surface area (Å²) in [5.74, 6) is -0.110. The summed E-state index contributed by atoms with van der Waals surface area (Å²) in [4.78, 5) is 27.7. The van der Waals surface area contributed by atoms with E-state index in [0.29, 0.717) is 5.82 Å². The number of nitro benzene ring substituents is 1. The van der Waals surface area contributed by atoms with Gasteiger partial charge in [0.15, 0.2) is 5.82 Å². The molecule has 0 fully saturated rings. The van der Waals surface area contributed by atoms with E-state index >= 15 is 0 Å². The second-order valence-electron chi connectivity index (χ2n) is 6.77. The Labute approximate surface area is 185 Å². The third-order valence-electron chi connectivity index (χ3n) is 4.51. The van der Waals surface area contributed by atoms with Crippen molar-refractivity contribution in [3.8, 4) is 17.1 Å². The lowest BCUT2D eigenvalue weighted by Crippen LogP contribution is -2.14. The van der Waals surface area contributed by atoms with Crippen LogP contribution in [0.3, 0.4) is 0 Å². The second-order valence-corrected chi connectivity index (χ2v) is 7.69. The molecule has 0 saturated carbocycles. The third kappa shape index (κ3) is 4.51. The molecule has 0 radical (unpaired) electrons. The highest BCUT2D eigenvalue weighted by Crippen LogP contribution is 2.24. The van der Waals surface area contributed by atoms with Gasteiger partial charge in [0, 0.05) is 27.9 Å². The van der Waals surface area contributed by atoms with Crippen molar-refractivity contribution in [3.63, 3.8) is 0 Å². The van der Waals surface area contributed by atoms with Crippen LogP contribution < -0.4 is 5.32 Å². The summed E-state index contributed by atoms with van der Waals surface area (Å²) in [6.07, 6.45) is 0. The highest BCUT2D eigenvalue weighted by atomic mass is 79.9. The van der Waals surface area contributed by atoms with Gasteiger partial charge in [-0.25, -0.2) is 9.67 Å². The Morgan fingerprint density at radius 1 is 1.06 bits per heavy atom. The van der Waals surface area contributed by atoms with Crippen LogP contribution in [0.4, 0.5) is 11.4 Å². The number of halogens is 1. The fraction of sp³-hybridized carbons (Fsp3) is 0.0455. The second kappa shape index (κ2) is 8.49. The van der Waals surface area contributed by atoms with Crippen LogP contribution in [0.2, 0.25) is 0 Å². The van der Waals surface area contributed by atoms with Crippen LogP contribution in [0, 0.1) is 17.0 Å². The van der Waals surface area contributed by atoms with Crippen molar-refractivity contribution in [3.05, 3.63) is 98.8 Å². The monoisotopic (exact) mass is 477 g/mol. The Morgan fingerprint density at radius 3 is 2.45 bits per heavy atom. The maximum absolute atomic E-state index is 12.8. The van der Waals surface area contributed by atoms with E-state index in [4.69, 9.17) is 0 Å². The average Bonchev–Trinajstić information content (AvgIpc) is 3.20. The molecule has 1 aromatic heterocycles. The standard InChI is InChI=1S/C22H16BrN5O3/c1-14-5-7-15(8-6-14)21-25-20(26-27(21)18-11-9-16(23)10-12-18)22(29)24-17-3-2-4-19(13-17)28(30)31/h2-13H,1H3,(H,24,29). The smallest absolute Gasteiger partial charge is 0.295 e. The Balaban J connectivity index is 1.73. The van der Waals surface area contributed by atoms with E-state index in [2.05, 4.69) is 31.3 Å². The SMILES string of the molecule is Cc1ccc(-c2nc(C(=O)Nc3cccc([N+](=O)[O-])c3)nn2-c2ccc(Br)cc2)cc1. The molecule has 0 saturated heterocycles. The molecular weight excluding hydrogens is 462 g/mol. The van der Waals surface area contributed by atoms with Crippen molar-refractivity contribution in [2.45, 2.75) is 6.92 Å². The largest absolute Gasteiger partial charge is 0.319 e. The summed E-state index contributed by atoms with van der Waals surface area (Å²) in [7, 11) is 0. The first-order valence-electron chi connectivity index (χ1n) is 9.26. The number of carbonyl (C=O) groups excluding carboxylic acids is 1. The number of hydrogen-bond acceptors (Lipinski definition) is 5. The van der Waals surface area contributed by atoms with Crippen LogP contribution in [0.15, 0.2) is 77.3 Å². The van der Waals surface area contributed by atoms with Gasteiger partial charge >= 0.3 is 0 Å². The molecule has 154 valence electrons. The summed E-state index contributed by atoms with van der Waals surface area (Å²) in [6, 6.07) is 20.9. The van der Waals surface area contributed by atoms with Gasteiger partial charge in [-0.2, -0.15) is 0 Å². The predicted molar refractivity (Wildman–Crippen MR) is 120 cm³/mol. The number of rotatable bonds is 5. The lowest BCUT2D eigenvalue weighted by atomic mass is 10.1. The lowest BCUT2D eigenvalue weighted by Gasteiger charge is -2.06. The first kappa shape index (κ1) is 20.4. The predicted octanol–water partition coefficient (Wildman–Crippen LogP) is 5.17. The number of nitrogens with one attached hydrogen (secondary N) is 1. The molecule has 0 aliphatic heterocycles. The van der Waals surface area contributed by atoms with Crippen molar-refractivity contribution in [1.82, 2.24) is 14.8 Å². The minimum absolute atomic E-state index is 0.0509. The first-order chi connectivity index (χ1) is 14.9. The Kier molecular flexibility index (Phi) is 5.59. The van der Waals surface area contributed by atoms with Gasteiger partial charge in [0.1, 0.15) is 0 Å². The van der Waals surface area contributed by atoms with Gasteiger partial charge in [-0.05, 0) is 37.3 Å². The summed E-state index contributed by atoms with van der Waals surface area (Å²) in [5, 5.41) is 18.0. The van der Waals surface area contributed by atoms with E-state index in [9.17, 15) is 14.9 Å². The molecule has 4 rings (SSSR count). The molecule has 0 aliphatic rings. The zero-order valence-electron chi connectivity index (χ0n) is 16.3. The first-order valence-corrected chi connectivity index (χ1v) is 10.1. The summed E-state index contributed by atoms with van der Waals surface area (Å²) in [5.41, 5.74) is 2.81. The number of nitro groups is 1. The van der Waals surface area contributed by atoms with E-state index in [0.717, 1.165) is 21.3 Å². The van der Waals surface area contributed by atoms with Crippen LogP contribution in [0.5, 0.6) is 0 Å². The molecule has 4 aromatic rings. The molecule has 3 aromatic carbocycles. The van der Waals surface area contributed by atoms with Gasteiger partial charge in [0.05, 0.1) is 10.6 Å². The number of nitrogens with zero attached hydrogens (tertiary/aromatic N) is 4. The number of anilines is 1. The van der Waals surface area contributed by atoms with E-state index < -0.39 is 10.8 Å². The summed E-state index contributed by atoms with van der Waals surface area (Å²) < 4.78 is 2.51. The number of hydrogen-bond donors (Lipinski definition) is 1. The molecule has 1 N–H and O–H groups in total. The fourth-order valence-corrected chi connectivity index (χ4v) is 3.21. The number of non-ortho nitro benzene ring substituents is 1. The van der Waals surface area contributed by atoms with Crippen molar-refractivity contribution in [1.29, 1.82) is 0 Å². The van der Waals surface area contributed by atoms with Crippen LogP contribution in [0.25, 0.3) is 17.1 Å². The topological polar surface area (TPSA) is 103 Å². The summed E-state index contributed by atoms with van der Waals surface area (Å²) in [6.45, 7) is 1.99. The van der Waals surface area contributed by atoms with Gasteiger partial charge in [0.25, 0.3) is 11.6 Å². The van der Waals surface area contributed by atoms with Crippen LogP contribution >= 0.6 is 15.9 Å². The highest BCUT2D eigenvalue weighted by Gasteiger charge is 2.19. The molecule has 0 atom stereocenters. The Hall–Kier alpha value is -3.85. The minimum atomic E-state index is -0.565. The van der Waals surface area contributed by atoms with Gasteiger partial charge in [-0.1, -0.05) is 51.8 Å². The Morgan fingerprint density at radius 2 is 1.77 bits per heavy atom. The van der Waals surface area contributed by atoms with E-state index in [-0.39, 0.29) is 17.2 Å². The molecule has 1 amide bonds. The van der Waals surface area contributed by atoms with Crippen molar-refractivity contribution >= 4 is 33.2 Å². The molecule has 0 bridgehead atoms. The van der Waals surface area contributed by atoms with E-state index in [1.54, 1.807) is 10.7 Å². The van der Waals surface area contributed by atoms with Crippen LogP contribution in [0.1, 0.15) is 16.2 Å². The van der Waals surface area contributed by atoms with Crippen molar-refractivity contribution < 1.29 is 9.72 Å². The number of carbonyl (C=O) groups is 1. The van der Waals surface area contributed by atoms with Gasteiger partial charge in [0.2, 0.25) is 5.82 Å². The van der Waals surface area contributed by atoms with Gasteiger partial charge in [-0.3, -0.25) is 14.9 Å². The zero-order valence-corrected chi connectivity index (χ0v) is 17.9. The fourth-order valence-electron chi connectivity index (χ4n) is 2.94. The number of aryl methyl sites for hydroxylation is 1. The van der Waals surface area contributed by atoms with Crippen molar-refractivity contribution in [2.24, 2.45) is 0 Å². The maximum atomic E-state index is 12.8. The van der Waals surface area contributed by atoms with E-state index in [1.165, 1.54) is 18.2 Å². The molecule has 31 heavy (non-hydrogen) atoms. The lowest BCUT2D eigenvalue weighted by molar-refractivity contribution is -0.384. The molecule has 0 aliphatic carbocycles. The van der Waals surface area contributed by atoms with Crippen molar-refractivity contribution in [2.75, 3.05) is 5.32 Å². The summed E-state index contributed by atoms with van der Waals surface area (Å²) >= 11 is 3.41. The number of benzene rings is 3. The van der Waals surface area contributed by atoms with Crippen LogP contribution in [-0.2, 0) is 0 Å². The minimum Gasteiger partial charge on any atom is -0.319 e. The molecular formula is C22H16BrN5O3. The highest BCUT2D eigenvalue weighted by molar-refractivity contribution is 9.10.